The lowest BCUT2D eigenvalue weighted by Crippen LogP contribution is -2.47. The number of nitrogens with zero attached hydrogens (tertiary/aromatic N) is 2. The highest BCUT2D eigenvalue weighted by atomic mass is 79.9. The number of esters is 1. The zero-order chi connectivity index (χ0) is 21.2. The lowest BCUT2D eigenvalue weighted by Gasteiger charge is -2.38. The molecule has 1 aromatic carbocycles. The molecule has 0 radical (unpaired) electrons. The molecule has 4 nitrogen and oxygen atoms in total. The molecular weight excluding hydrogens is 428 g/mol. The van der Waals surface area contributed by atoms with E-state index in [4.69, 9.17) is 4.74 Å². The molecule has 0 unspecified atom stereocenters. The van der Waals surface area contributed by atoms with Crippen molar-refractivity contribution in [2.24, 2.45) is 5.41 Å². The molecule has 3 rings (SSSR count). The quantitative estimate of drug-likeness (QED) is 0.543. The summed E-state index contributed by atoms with van der Waals surface area (Å²) >= 11 is 3.85. The summed E-state index contributed by atoms with van der Waals surface area (Å²) < 4.78 is 6.87. The maximum Gasteiger partial charge on any atom is 0.338 e. The molecular formula is C24H35BrN2O2. The first kappa shape index (κ1) is 22.4. The van der Waals surface area contributed by atoms with Gasteiger partial charge in [0.1, 0.15) is 5.60 Å². The molecule has 0 bridgehead atoms. The van der Waals surface area contributed by atoms with Gasteiger partial charge in [-0.15, -0.1) is 0 Å². The first-order valence-corrected chi connectivity index (χ1v) is 11.5. The Bertz CT molecular complexity index is 754. The number of anilines is 1. The molecule has 0 amide bonds. The van der Waals surface area contributed by atoms with Gasteiger partial charge in [-0.25, -0.2) is 4.79 Å². The van der Waals surface area contributed by atoms with Gasteiger partial charge in [0.05, 0.1) is 5.56 Å². The van der Waals surface area contributed by atoms with Crippen LogP contribution in [0.15, 0.2) is 34.3 Å². The largest absolute Gasteiger partial charge is 0.456 e. The van der Waals surface area contributed by atoms with E-state index in [1.54, 1.807) is 5.57 Å². The number of ether oxygens (including phenoxy) is 1. The van der Waals surface area contributed by atoms with Gasteiger partial charge < -0.3 is 9.64 Å². The van der Waals surface area contributed by atoms with Gasteiger partial charge in [0, 0.05) is 38.4 Å². The lowest BCUT2D eigenvalue weighted by molar-refractivity contribution is 0.00695. The van der Waals surface area contributed by atoms with Crippen LogP contribution in [0, 0.1) is 5.41 Å². The number of rotatable bonds is 4. The molecule has 1 aliphatic carbocycles. The summed E-state index contributed by atoms with van der Waals surface area (Å²) in [7, 11) is 0. The summed E-state index contributed by atoms with van der Waals surface area (Å²) in [5, 5.41) is 0. The molecule has 1 saturated heterocycles. The van der Waals surface area contributed by atoms with Crippen LogP contribution in [0.25, 0.3) is 0 Å². The van der Waals surface area contributed by atoms with E-state index >= 15 is 0 Å². The number of halogens is 1. The number of hydrogen-bond donors (Lipinski definition) is 0. The van der Waals surface area contributed by atoms with E-state index in [1.807, 2.05) is 45.0 Å². The summed E-state index contributed by atoms with van der Waals surface area (Å²) in [6.45, 7) is 15.6. The Hall–Kier alpha value is -1.33. The molecule has 0 aromatic heterocycles. The molecule has 2 aliphatic rings. The maximum atomic E-state index is 12.2. The van der Waals surface area contributed by atoms with Crippen molar-refractivity contribution in [2.75, 3.05) is 37.6 Å². The van der Waals surface area contributed by atoms with Gasteiger partial charge in [0.15, 0.2) is 0 Å². The summed E-state index contributed by atoms with van der Waals surface area (Å²) in [4.78, 5) is 17.2. The molecule has 0 spiro atoms. The number of allylic oxidation sites excluding steroid dienone is 1. The molecule has 1 aliphatic heterocycles. The number of hydrogen-bond acceptors (Lipinski definition) is 4. The second-order valence-electron chi connectivity index (χ2n) is 10.2. The van der Waals surface area contributed by atoms with Gasteiger partial charge in [0.2, 0.25) is 0 Å². The highest BCUT2D eigenvalue weighted by molar-refractivity contribution is 9.11. The fourth-order valence-electron chi connectivity index (χ4n) is 4.00. The third-order valence-electron chi connectivity index (χ3n) is 5.77. The standard InChI is InChI=1S/C24H35BrN2O2/c1-23(2,3)29-22(28)18-6-8-20(9-7-18)27-14-12-26(13-15-27)17-19-10-11-24(4,5)16-21(19)25/h6-9H,10-17H2,1-5H3. The average Bonchev–Trinajstić information content (AvgIpc) is 2.63. The summed E-state index contributed by atoms with van der Waals surface area (Å²) in [5.41, 5.74) is 3.33. The SMILES string of the molecule is CC1(C)CCC(CN2CCN(c3ccc(C(=O)OC(C)(C)C)cc3)CC2)=C(Br)C1. The smallest absolute Gasteiger partial charge is 0.338 e. The van der Waals surface area contributed by atoms with E-state index in [1.165, 1.54) is 23.0 Å². The van der Waals surface area contributed by atoms with E-state index in [-0.39, 0.29) is 5.97 Å². The maximum absolute atomic E-state index is 12.2. The lowest BCUT2D eigenvalue weighted by atomic mass is 9.78. The van der Waals surface area contributed by atoms with Gasteiger partial charge in [-0.3, -0.25) is 4.90 Å². The molecule has 0 atom stereocenters. The van der Waals surface area contributed by atoms with Crippen LogP contribution >= 0.6 is 15.9 Å². The van der Waals surface area contributed by atoms with Crippen LogP contribution in [-0.2, 0) is 4.74 Å². The molecule has 5 heteroatoms. The minimum Gasteiger partial charge on any atom is -0.456 e. The highest BCUT2D eigenvalue weighted by Gasteiger charge is 2.27. The van der Waals surface area contributed by atoms with E-state index in [0.717, 1.165) is 39.1 Å². The monoisotopic (exact) mass is 462 g/mol. The van der Waals surface area contributed by atoms with Crippen molar-refractivity contribution >= 4 is 27.6 Å². The van der Waals surface area contributed by atoms with Crippen molar-refractivity contribution in [1.82, 2.24) is 4.90 Å². The molecule has 1 fully saturated rings. The molecule has 29 heavy (non-hydrogen) atoms. The Morgan fingerprint density at radius 3 is 2.28 bits per heavy atom. The predicted octanol–water partition coefficient (Wildman–Crippen LogP) is 5.62. The second kappa shape index (κ2) is 8.81. The Labute approximate surface area is 184 Å². The van der Waals surface area contributed by atoms with E-state index in [9.17, 15) is 4.79 Å². The third-order valence-corrected chi connectivity index (χ3v) is 6.62. The van der Waals surface area contributed by atoms with Crippen LogP contribution in [0.1, 0.15) is 64.2 Å². The summed E-state index contributed by atoms with van der Waals surface area (Å²) in [5.74, 6) is -0.261. The number of carbonyl (C=O) groups is 1. The number of benzene rings is 1. The van der Waals surface area contributed by atoms with E-state index in [2.05, 4.69) is 39.6 Å². The Morgan fingerprint density at radius 2 is 1.72 bits per heavy atom. The topological polar surface area (TPSA) is 32.8 Å². The molecule has 160 valence electrons. The van der Waals surface area contributed by atoms with Gasteiger partial charge in [-0.1, -0.05) is 29.8 Å². The van der Waals surface area contributed by atoms with Gasteiger partial charge in [-0.2, -0.15) is 0 Å². The van der Waals surface area contributed by atoms with Crippen molar-refractivity contribution in [3.05, 3.63) is 39.9 Å². The third kappa shape index (κ3) is 6.32. The van der Waals surface area contributed by atoms with Crippen LogP contribution < -0.4 is 4.90 Å². The van der Waals surface area contributed by atoms with Crippen LogP contribution in [0.2, 0.25) is 0 Å². The summed E-state index contributed by atoms with van der Waals surface area (Å²) in [6, 6.07) is 7.83. The molecule has 1 aromatic rings. The number of carbonyl (C=O) groups excluding carboxylic acids is 1. The van der Waals surface area contributed by atoms with Gasteiger partial charge >= 0.3 is 5.97 Å². The van der Waals surface area contributed by atoms with E-state index in [0.29, 0.717) is 11.0 Å². The Balaban J connectivity index is 1.52. The van der Waals surface area contributed by atoms with E-state index < -0.39 is 5.60 Å². The average molecular weight is 463 g/mol. The van der Waals surface area contributed by atoms with Crippen LogP contribution in [-0.4, -0.2) is 49.2 Å². The number of piperazine rings is 1. The van der Waals surface area contributed by atoms with Crippen molar-refractivity contribution < 1.29 is 9.53 Å². The molecule has 0 saturated carbocycles. The first-order valence-electron chi connectivity index (χ1n) is 10.7. The zero-order valence-corrected chi connectivity index (χ0v) is 20.1. The van der Waals surface area contributed by atoms with Gasteiger partial charge in [-0.05, 0) is 79.8 Å². The molecule has 0 N–H and O–H groups in total. The van der Waals surface area contributed by atoms with Gasteiger partial charge in [0.25, 0.3) is 0 Å². The van der Waals surface area contributed by atoms with Crippen LogP contribution in [0.3, 0.4) is 0 Å². The minimum absolute atomic E-state index is 0.261. The predicted molar refractivity (Wildman–Crippen MR) is 124 cm³/mol. The second-order valence-corrected chi connectivity index (χ2v) is 11.1. The van der Waals surface area contributed by atoms with Crippen LogP contribution in [0.4, 0.5) is 5.69 Å². The van der Waals surface area contributed by atoms with Crippen molar-refractivity contribution in [2.45, 2.75) is 59.5 Å². The Morgan fingerprint density at radius 1 is 1.10 bits per heavy atom. The van der Waals surface area contributed by atoms with Crippen LogP contribution in [0.5, 0.6) is 0 Å². The highest BCUT2D eigenvalue weighted by Crippen LogP contribution is 2.41. The minimum atomic E-state index is -0.468. The Kier molecular flexibility index (Phi) is 6.79. The zero-order valence-electron chi connectivity index (χ0n) is 18.6. The fraction of sp³-hybridized carbons (Fsp3) is 0.625. The summed E-state index contributed by atoms with van der Waals surface area (Å²) in [6.07, 6.45) is 3.65. The van der Waals surface area contributed by atoms with Crippen molar-refractivity contribution in [3.63, 3.8) is 0 Å². The normalized spacial score (nSPS) is 20.7. The van der Waals surface area contributed by atoms with Crippen molar-refractivity contribution in [1.29, 1.82) is 0 Å². The fourth-order valence-corrected chi connectivity index (χ4v) is 5.09. The first-order chi connectivity index (χ1) is 13.5. The van der Waals surface area contributed by atoms with Crippen molar-refractivity contribution in [3.8, 4) is 0 Å². The molecule has 1 heterocycles.